The van der Waals surface area contributed by atoms with Gasteiger partial charge in [-0.15, -0.1) is 0 Å². The molecule has 0 amide bonds. The first kappa shape index (κ1) is 14.8. The van der Waals surface area contributed by atoms with E-state index in [2.05, 4.69) is 31.1 Å². The van der Waals surface area contributed by atoms with Gasteiger partial charge in [0.1, 0.15) is 0 Å². The maximum Gasteiger partial charge on any atom is 0.0465 e. The molecule has 1 unspecified atom stereocenters. The molecule has 1 aromatic carbocycles. The van der Waals surface area contributed by atoms with Crippen molar-refractivity contribution < 1.29 is 0 Å². The predicted octanol–water partition coefficient (Wildman–Crippen LogP) is 3.42. The van der Waals surface area contributed by atoms with E-state index >= 15 is 0 Å². The maximum atomic E-state index is 6.11. The Kier molecular flexibility index (Phi) is 6.28. The van der Waals surface area contributed by atoms with Crippen molar-refractivity contribution in [3.05, 3.63) is 33.8 Å². The van der Waals surface area contributed by atoms with E-state index in [1.807, 2.05) is 18.2 Å². The highest BCUT2D eigenvalue weighted by Crippen LogP contribution is 2.23. The second-order valence-corrected chi connectivity index (χ2v) is 5.15. The molecular weight excluding hydrogens is 255 g/mol. The van der Waals surface area contributed by atoms with E-state index in [0.29, 0.717) is 12.6 Å². The summed E-state index contributed by atoms with van der Waals surface area (Å²) < 4.78 is 0. The Morgan fingerprint density at radius 3 is 2.41 bits per heavy atom. The zero-order valence-electron chi connectivity index (χ0n) is 10.6. The van der Waals surface area contributed by atoms with Crippen LogP contribution in [0, 0.1) is 0 Å². The van der Waals surface area contributed by atoms with Gasteiger partial charge in [-0.05, 0) is 32.6 Å². The van der Waals surface area contributed by atoms with Crippen LogP contribution in [0.1, 0.15) is 19.4 Å². The lowest BCUT2D eigenvalue weighted by atomic mass is 10.2. The number of likely N-dealkylation sites (N-methyl/N-ethyl adjacent to an activating group) is 1. The average Bonchev–Trinajstić information content (AvgIpc) is 2.28. The third-order valence-corrected chi connectivity index (χ3v) is 3.52. The first-order chi connectivity index (χ1) is 8.04. The summed E-state index contributed by atoms with van der Waals surface area (Å²) in [4.78, 5) is 2.27. The van der Waals surface area contributed by atoms with E-state index in [1.165, 1.54) is 0 Å². The molecule has 1 rings (SSSR count). The lowest BCUT2D eigenvalue weighted by Crippen LogP contribution is -2.37. The Bertz CT molecular complexity index is 335. The van der Waals surface area contributed by atoms with E-state index in [9.17, 15) is 0 Å². The second-order valence-electron chi connectivity index (χ2n) is 4.34. The highest BCUT2D eigenvalue weighted by Gasteiger charge is 2.08. The molecule has 0 saturated carbocycles. The normalized spacial score (nSPS) is 13.1. The van der Waals surface area contributed by atoms with Crippen LogP contribution in [0.4, 0.5) is 0 Å². The van der Waals surface area contributed by atoms with Gasteiger partial charge < -0.3 is 10.2 Å². The SMILES string of the molecule is CCN(C)CC(C)NCc1c(Cl)cccc1Cl. The lowest BCUT2D eigenvalue weighted by Gasteiger charge is -2.21. The molecule has 0 spiro atoms. The van der Waals surface area contributed by atoms with E-state index < -0.39 is 0 Å². The van der Waals surface area contributed by atoms with Crippen LogP contribution in [0.5, 0.6) is 0 Å². The summed E-state index contributed by atoms with van der Waals surface area (Å²) in [6, 6.07) is 6.01. The standard InChI is InChI=1S/C13H20Cl2N2/c1-4-17(3)9-10(2)16-8-11-12(14)6-5-7-13(11)15/h5-7,10,16H,4,8-9H2,1-3H3. The summed E-state index contributed by atoms with van der Waals surface area (Å²) in [7, 11) is 2.11. The Morgan fingerprint density at radius 2 is 1.88 bits per heavy atom. The largest absolute Gasteiger partial charge is 0.309 e. The molecule has 0 aliphatic heterocycles. The highest BCUT2D eigenvalue weighted by atomic mass is 35.5. The first-order valence-corrected chi connectivity index (χ1v) is 6.65. The van der Waals surface area contributed by atoms with Crippen LogP contribution in [0.3, 0.4) is 0 Å². The highest BCUT2D eigenvalue weighted by molar-refractivity contribution is 6.35. The van der Waals surface area contributed by atoms with Crippen molar-refractivity contribution in [1.82, 2.24) is 10.2 Å². The Labute approximate surface area is 114 Å². The molecule has 96 valence electrons. The molecule has 17 heavy (non-hydrogen) atoms. The van der Waals surface area contributed by atoms with E-state index in [1.54, 1.807) is 0 Å². The van der Waals surface area contributed by atoms with Crippen LogP contribution >= 0.6 is 23.2 Å². The van der Waals surface area contributed by atoms with Crippen molar-refractivity contribution >= 4 is 23.2 Å². The summed E-state index contributed by atoms with van der Waals surface area (Å²) in [6.07, 6.45) is 0. The number of halogens is 2. The second kappa shape index (κ2) is 7.22. The van der Waals surface area contributed by atoms with Crippen molar-refractivity contribution in [2.24, 2.45) is 0 Å². The minimum atomic E-state index is 0.410. The number of nitrogens with zero attached hydrogens (tertiary/aromatic N) is 1. The van der Waals surface area contributed by atoms with Gasteiger partial charge in [-0.2, -0.15) is 0 Å². The summed E-state index contributed by atoms with van der Waals surface area (Å²) in [5.74, 6) is 0. The molecular formula is C13H20Cl2N2. The third-order valence-electron chi connectivity index (χ3n) is 2.81. The number of hydrogen-bond donors (Lipinski definition) is 1. The van der Waals surface area contributed by atoms with Crippen molar-refractivity contribution in [3.8, 4) is 0 Å². The van der Waals surface area contributed by atoms with Gasteiger partial charge in [0.05, 0.1) is 0 Å². The molecule has 2 nitrogen and oxygen atoms in total. The summed E-state index contributed by atoms with van der Waals surface area (Å²) >= 11 is 12.2. The van der Waals surface area contributed by atoms with Gasteiger partial charge in [0.2, 0.25) is 0 Å². The molecule has 0 radical (unpaired) electrons. The predicted molar refractivity (Wildman–Crippen MR) is 75.9 cm³/mol. The molecule has 0 heterocycles. The minimum Gasteiger partial charge on any atom is -0.309 e. The third kappa shape index (κ3) is 4.84. The first-order valence-electron chi connectivity index (χ1n) is 5.89. The average molecular weight is 275 g/mol. The van der Waals surface area contributed by atoms with Crippen molar-refractivity contribution in [2.45, 2.75) is 26.4 Å². The molecule has 0 bridgehead atoms. The van der Waals surface area contributed by atoms with Gasteiger partial charge >= 0.3 is 0 Å². The number of benzene rings is 1. The van der Waals surface area contributed by atoms with Gasteiger partial charge in [0.15, 0.2) is 0 Å². The van der Waals surface area contributed by atoms with E-state index in [-0.39, 0.29) is 0 Å². The topological polar surface area (TPSA) is 15.3 Å². The molecule has 0 aliphatic rings. The summed E-state index contributed by atoms with van der Waals surface area (Å²) in [6.45, 7) is 7.09. The fourth-order valence-electron chi connectivity index (χ4n) is 1.64. The molecule has 1 aromatic rings. The van der Waals surface area contributed by atoms with Crippen LogP contribution in [-0.4, -0.2) is 31.1 Å². The zero-order chi connectivity index (χ0) is 12.8. The minimum absolute atomic E-state index is 0.410. The number of rotatable bonds is 6. The van der Waals surface area contributed by atoms with Gasteiger partial charge in [-0.25, -0.2) is 0 Å². The van der Waals surface area contributed by atoms with Crippen molar-refractivity contribution in [2.75, 3.05) is 20.1 Å². The molecule has 0 aliphatic carbocycles. The van der Waals surface area contributed by atoms with Crippen LogP contribution in [-0.2, 0) is 6.54 Å². The summed E-state index contributed by atoms with van der Waals surface area (Å²) in [5.41, 5.74) is 0.974. The molecule has 0 saturated heterocycles. The molecule has 0 aromatic heterocycles. The van der Waals surface area contributed by atoms with Crippen LogP contribution in [0.2, 0.25) is 10.0 Å². The molecule has 1 N–H and O–H groups in total. The monoisotopic (exact) mass is 274 g/mol. The smallest absolute Gasteiger partial charge is 0.0465 e. The fourth-order valence-corrected chi connectivity index (χ4v) is 2.17. The Hall–Kier alpha value is -0.280. The Morgan fingerprint density at radius 1 is 1.29 bits per heavy atom. The summed E-state index contributed by atoms with van der Waals surface area (Å²) in [5, 5.41) is 4.88. The fraction of sp³-hybridized carbons (Fsp3) is 0.538. The maximum absolute atomic E-state index is 6.11. The van der Waals surface area contributed by atoms with Crippen molar-refractivity contribution in [3.63, 3.8) is 0 Å². The lowest BCUT2D eigenvalue weighted by molar-refractivity contribution is 0.309. The number of hydrogen-bond acceptors (Lipinski definition) is 2. The van der Waals surface area contributed by atoms with Crippen LogP contribution in [0.15, 0.2) is 18.2 Å². The van der Waals surface area contributed by atoms with Gasteiger partial charge in [-0.3, -0.25) is 0 Å². The van der Waals surface area contributed by atoms with Crippen LogP contribution in [0.25, 0.3) is 0 Å². The molecule has 4 heteroatoms. The van der Waals surface area contributed by atoms with E-state index in [0.717, 1.165) is 28.7 Å². The van der Waals surface area contributed by atoms with E-state index in [4.69, 9.17) is 23.2 Å². The van der Waals surface area contributed by atoms with Gasteiger partial charge in [-0.1, -0.05) is 36.2 Å². The van der Waals surface area contributed by atoms with Gasteiger partial charge in [0.25, 0.3) is 0 Å². The van der Waals surface area contributed by atoms with Gasteiger partial charge in [0, 0.05) is 34.7 Å². The Balaban J connectivity index is 2.50. The molecule has 1 atom stereocenters. The number of nitrogens with one attached hydrogen (secondary N) is 1. The van der Waals surface area contributed by atoms with Crippen LogP contribution < -0.4 is 5.32 Å². The van der Waals surface area contributed by atoms with Crippen molar-refractivity contribution in [1.29, 1.82) is 0 Å². The molecule has 0 fully saturated rings. The zero-order valence-corrected chi connectivity index (χ0v) is 12.1. The quantitative estimate of drug-likeness (QED) is 0.855.